The quantitative estimate of drug-likeness (QED) is 0.676. The van der Waals surface area contributed by atoms with E-state index in [1.165, 1.54) is 25.4 Å². The SMILES string of the molecule is CC(CCO)SCCN1CCNCC1. The summed E-state index contributed by atoms with van der Waals surface area (Å²) >= 11 is 1.97. The predicted octanol–water partition coefficient (Wildman–Crippen LogP) is 0.396. The van der Waals surface area contributed by atoms with Crippen LogP contribution in [-0.2, 0) is 0 Å². The fourth-order valence-electron chi connectivity index (χ4n) is 1.58. The van der Waals surface area contributed by atoms with Crippen LogP contribution in [0.15, 0.2) is 0 Å². The number of hydrogen-bond donors (Lipinski definition) is 2. The fourth-order valence-corrected chi connectivity index (χ4v) is 2.62. The van der Waals surface area contributed by atoms with Crippen molar-refractivity contribution in [3.8, 4) is 0 Å². The summed E-state index contributed by atoms with van der Waals surface area (Å²) in [5.74, 6) is 1.20. The van der Waals surface area contributed by atoms with Gasteiger partial charge in [0.2, 0.25) is 0 Å². The van der Waals surface area contributed by atoms with Gasteiger partial charge in [0.1, 0.15) is 0 Å². The summed E-state index contributed by atoms with van der Waals surface area (Å²) in [6.07, 6.45) is 0.923. The first kappa shape index (κ1) is 12.3. The van der Waals surface area contributed by atoms with E-state index in [0.29, 0.717) is 11.9 Å². The van der Waals surface area contributed by atoms with Gasteiger partial charge >= 0.3 is 0 Å². The molecule has 0 aromatic heterocycles. The standard InChI is InChI=1S/C10H22N2OS/c1-10(2-8-13)14-9-7-12-5-3-11-4-6-12/h10-11,13H,2-9H2,1H3. The predicted molar refractivity (Wildman–Crippen MR) is 62.9 cm³/mol. The summed E-state index contributed by atoms with van der Waals surface area (Å²) in [4.78, 5) is 2.51. The second-order valence-electron chi connectivity index (χ2n) is 3.79. The molecule has 1 aliphatic rings. The van der Waals surface area contributed by atoms with Gasteiger partial charge in [-0.2, -0.15) is 11.8 Å². The highest BCUT2D eigenvalue weighted by molar-refractivity contribution is 7.99. The van der Waals surface area contributed by atoms with E-state index in [1.807, 2.05) is 11.8 Å². The first-order chi connectivity index (χ1) is 6.83. The van der Waals surface area contributed by atoms with Gasteiger partial charge in [-0.3, -0.25) is 4.90 Å². The van der Waals surface area contributed by atoms with E-state index >= 15 is 0 Å². The Morgan fingerprint density at radius 2 is 2.14 bits per heavy atom. The molecule has 1 fully saturated rings. The van der Waals surface area contributed by atoms with E-state index < -0.39 is 0 Å². The highest BCUT2D eigenvalue weighted by atomic mass is 32.2. The molecular formula is C10H22N2OS. The minimum absolute atomic E-state index is 0.321. The molecule has 0 spiro atoms. The van der Waals surface area contributed by atoms with Crippen LogP contribution in [0.5, 0.6) is 0 Å². The highest BCUT2D eigenvalue weighted by Gasteiger charge is 2.09. The van der Waals surface area contributed by atoms with Crippen molar-refractivity contribution in [3.63, 3.8) is 0 Å². The van der Waals surface area contributed by atoms with E-state index in [2.05, 4.69) is 17.1 Å². The third-order valence-corrected chi connectivity index (χ3v) is 3.78. The van der Waals surface area contributed by atoms with Crippen molar-refractivity contribution in [1.82, 2.24) is 10.2 Å². The average molecular weight is 218 g/mol. The Morgan fingerprint density at radius 3 is 2.79 bits per heavy atom. The second-order valence-corrected chi connectivity index (χ2v) is 5.33. The number of nitrogens with one attached hydrogen (secondary N) is 1. The number of thioether (sulfide) groups is 1. The van der Waals surface area contributed by atoms with Gasteiger partial charge in [-0.05, 0) is 6.42 Å². The molecule has 0 aromatic rings. The van der Waals surface area contributed by atoms with Crippen LogP contribution in [-0.4, -0.2) is 60.3 Å². The summed E-state index contributed by atoms with van der Waals surface area (Å²) in [7, 11) is 0. The van der Waals surface area contributed by atoms with Gasteiger partial charge in [0.15, 0.2) is 0 Å². The van der Waals surface area contributed by atoms with Crippen LogP contribution in [0.4, 0.5) is 0 Å². The Labute approximate surface area is 91.2 Å². The van der Waals surface area contributed by atoms with Crippen LogP contribution >= 0.6 is 11.8 Å². The van der Waals surface area contributed by atoms with E-state index in [4.69, 9.17) is 5.11 Å². The zero-order chi connectivity index (χ0) is 10.2. The lowest BCUT2D eigenvalue weighted by Crippen LogP contribution is -2.44. The smallest absolute Gasteiger partial charge is 0.0441 e. The van der Waals surface area contributed by atoms with Gasteiger partial charge in [-0.15, -0.1) is 0 Å². The zero-order valence-corrected chi connectivity index (χ0v) is 9.85. The number of rotatable bonds is 6. The van der Waals surface area contributed by atoms with E-state index in [1.54, 1.807) is 0 Å². The Bertz CT molecular complexity index is 140. The van der Waals surface area contributed by atoms with Gasteiger partial charge in [0.05, 0.1) is 0 Å². The van der Waals surface area contributed by atoms with Crippen LogP contribution in [0.3, 0.4) is 0 Å². The molecule has 0 aliphatic carbocycles. The normalized spacial score (nSPS) is 21.0. The van der Waals surface area contributed by atoms with Crippen LogP contribution in [0.2, 0.25) is 0 Å². The molecule has 4 heteroatoms. The maximum absolute atomic E-state index is 8.75. The van der Waals surface area contributed by atoms with Crippen molar-refractivity contribution in [2.45, 2.75) is 18.6 Å². The number of hydrogen-bond acceptors (Lipinski definition) is 4. The number of piperazine rings is 1. The van der Waals surface area contributed by atoms with Crippen LogP contribution in [0.25, 0.3) is 0 Å². The molecule has 0 saturated carbocycles. The minimum atomic E-state index is 0.321. The lowest BCUT2D eigenvalue weighted by atomic mass is 10.3. The number of nitrogens with zero attached hydrogens (tertiary/aromatic N) is 1. The number of aliphatic hydroxyl groups excluding tert-OH is 1. The lowest BCUT2D eigenvalue weighted by molar-refractivity contribution is 0.255. The molecule has 1 heterocycles. The molecule has 1 unspecified atom stereocenters. The molecule has 84 valence electrons. The van der Waals surface area contributed by atoms with Gasteiger partial charge in [0, 0.05) is 50.3 Å². The van der Waals surface area contributed by atoms with Crippen molar-refractivity contribution < 1.29 is 5.11 Å². The Balaban J connectivity index is 1.96. The summed E-state index contributed by atoms with van der Waals surface area (Å²) in [5, 5.41) is 12.7. The molecule has 14 heavy (non-hydrogen) atoms. The lowest BCUT2D eigenvalue weighted by Gasteiger charge is -2.27. The topological polar surface area (TPSA) is 35.5 Å². The molecule has 0 aromatic carbocycles. The van der Waals surface area contributed by atoms with Gasteiger partial charge in [-0.25, -0.2) is 0 Å². The van der Waals surface area contributed by atoms with Crippen molar-refractivity contribution in [2.75, 3.05) is 45.1 Å². The van der Waals surface area contributed by atoms with Crippen LogP contribution in [0.1, 0.15) is 13.3 Å². The molecular weight excluding hydrogens is 196 g/mol. The molecule has 0 amide bonds. The van der Waals surface area contributed by atoms with Crippen molar-refractivity contribution >= 4 is 11.8 Å². The van der Waals surface area contributed by atoms with Crippen LogP contribution in [0, 0.1) is 0 Å². The Kier molecular flexibility index (Phi) is 6.60. The second kappa shape index (κ2) is 7.51. The third kappa shape index (κ3) is 5.20. The number of aliphatic hydroxyl groups is 1. The summed E-state index contributed by atoms with van der Waals surface area (Å²) in [6, 6.07) is 0. The molecule has 0 bridgehead atoms. The first-order valence-electron chi connectivity index (χ1n) is 5.48. The molecule has 3 nitrogen and oxygen atoms in total. The average Bonchev–Trinajstić information content (AvgIpc) is 2.20. The minimum Gasteiger partial charge on any atom is -0.396 e. The van der Waals surface area contributed by atoms with Gasteiger partial charge < -0.3 is 10.4 Å². The summed E-state index contributed by atoms with van der Waals surface area (Å²) in [5.41, 5.74) is 0. The molecule has 1 aliphatic heterocycles. The largest absolute Gasteiger partial charge is 0.396 e. The van der Waals surface area contributed by atoms with Crippen molar-refractivity contribution in [2.24, 2.45) is 0 Å². The molecule has 0 radical (unpaired) electrons. The van der Waals surface area contributed by atoms with Crippen molar-refractivity contribution in [1.29, 1.82) is 0 Å². The Hall–Kier alpha value is 0.230. The maximum Gasteiger partial charge on any atom is 0.0441 e. The molecule has 1 saturated heterocycles. The molecule has 1 rings (SSSR count). The first-order valence-corrected chi connectivity index (χ1v) is 6.53. The van der Waals surface area contributed by atoms with E-state index in [9.17, 15) is 0 Å². The van der Waals surface area contributed by atoms with E-state index in [0.717, 1.165) is 19.5 Å². The van der Waals surface area contributed by atoms with Crippen molar-refractivity contribution in [3.05, 3.63) is 0 Å². The van der Waals surface area contributed by atoms with E-state index in [-0.39, 0.29) is 0 Å². The monoisotopic (exact) mass is 218 g/mol. The molecule has 1 atom stereocenters. The maximum atomic E-state index is 8.75. The Morgan fingerprint density at radius 1 is 1.43 bits per heavy atom. The summed E-state index contributed by atoms with van der Waals surface area (Å²) in [6.45, 7) is 8.36. The summed E-state index contributed by atoms with van der Waals surface area (Å²) < 4.78 is 0. The fraction of sp³-hybridized carbons (Fsp3) is 1.00. The molecule has 2 N–H and O–H groups in total. The van der Waals surface area contributed by atoms with Gasteiger partial charge in [-0.1, -0.05) is 6.92 Å². The third-order valence-electron chi connectivity index (χ3n) is 2.56. The zero-order valence-electron chi connectivity index (χ0n) is 9.04. The van der Waals surface area contributed by atoms with Crippen LogP contribution < -0.4 is 5.32 Å². The van der Waals surface area contributed by atoms with Gasteiger partial charge in [0.25, 0.3) is 0 Å². The highest BCUT2D eigenvalue weighted by Crippen LogP contribution is 2.13.